The van der Waals surface area contributed by atoms with Crippen molar-refractivity contribution in [3.05, 3.63) is 63.8 Å². The van der Waals surface area contributed by atoms with Crippen LogP contribution in [0.25, 0.3) is 16.1 Å². The molecule has 1 aliphatic heterocycles. The minimum Gasteiger partial charge on any atom is -0.508 e. The Balaban J connectivity index is 1.40. The standard InChI is InChI=1S/C19H18N2OS2/c22-18-3-1-14(2-4-18)15-5-8-21(9-6-15)11-17-13-24-19(20-17)16-7-10-23-12-16/h1-5,7,10,12-13,22H,6,8-9,11H2. The van der Waals surface area contributed by atoms with Crippen LogP contribution in [0.5, 0.6) is 5.75 Å². The second-order valence-electron chi connectivity index (χ2n) is 5.92. The Morgan fingerprint density at radius 2 is 1.96 bits per heavy atom. The Morgan fingerprint density at radius 1 is 1.08 bits per heavy atom. The highest BCUT2D eigenvalue weighted by Crippen LogP contribution is 2.28. The summed E-state index contributed by atoms with van der Waals surface area (Å²) in [6.45, 7) is 2.89. The first-order valence-electron chi connectivity index (χ1n) is 7.96. The number of aromatic hydroxyl groups is 1. The lowest BCUT2D eigenvalue weighted by molar-refractivity contribution is 0.291. The fraction of sp³-hybridized carbons (Fsp3) is 0.211. The minimum absolute atomic E-state index is 0.321. The van der Waals surface area contributed by atoms with Crippen molar-refractivity contribution in [1.29, 1.82) is 0 Å². The van der Waals surface area contributed by atoms with E-state index in [1.807, 2.05) is 12.1 Å². The van der Waals surface area contributed by atoms with Crippen LogP contribution in [0.2, 0.25) is 0 Å². The van der Waals surface area contributed by atoms with E-state index < -0.39 is 0 Å². The molecule has 0 spiro atoms. The van der Waals surface area contributed by atoms with Crippen LogP contribution in [0.1, 0.15) is 17.7 Å². The maximum Gasteiger partial charge on any atom is 0.124 e. The zero-order valence-electron chi connectivity index (χ0n) is 13.2. The number of thiophene rings is 1. The van der Waals surface area contributed by atoms with Gasteiger partial charge < -0.3 is 5.11 Å². The van der Waals surface area contributed by atoms with Crippen molar-refractivity contribution in [3.8, 4) is 16.3 Å². The summed E-state index contributed by atoms with van der Waals surface area (Å²) in [4.78, 5) is 7.20. The molecular formula is C19H18N2OS2. The van der Waals surface area contributed by atoms with Crippen LogP contribution in [-0.4, -0.2) is 28.1 Å². The highest BCUT2D eigenvalue weighted by atomic mass is 32.1. The Bertz CT molecular complexity index is 835. The molecule has 0 radical (unpaired) electrons. The molecule has 2 aromatic heterocycles. The number of benzene rings is 1. The molecule has 24 heavy (non-hydrogen) atoms. The van der Waals surface area contributed by atoms with E-state index in [-0.39, 0.29) is 0 Å². The third kappa shape index (κ3) is 3.43. The summed E-state index contributed by atoms with van der Waals surface area (Å²) in [6.07, 6.45) is 3.33. The first-order valence-corrected chi connectivity index (χ1v) is 9.78. The number of phenols is 1. The molecule has 0 unspecified atom stereocenters. The van der Waals surface area contributed by atoms with Gasteiger partial charge >= 0.3 is 0 Å². The molecule has 3 heterocycles. The van der Waals surface area contributed by atoms with Crippen molar-refractivity contribution in [3.63, 3.8) is 0 Å². The first-order chi connectivity index (χ1) is 11.8. The molecule has 0 amide bonds. The number of rotatable bonds is 4. The highest BCUT2D eigenvalue weighted by Gasteiger charge is 2.15. The van der Waals surface area contributed by atoms with E-state index in [1.54, 1.807) is 34.8 Å². The molecule has 4 rings (SSSR count). The van der Waals surface area contributed by atoms with Crippen LogP contribution in [0.15, 0.2) is 52.5 Å². The van der Waals surface area contributed by atoms with Gasteiger partial charge in [0.25, 0.3) is 0 Å². The van der Waals surface area contributed by atoms with Crippen molar-refractivity contribution in [2.45, 2.75) is 13.0 Å². The molecule has 0 saturated heterocycles. The summed E-state index contributed by atoms with van der Waals surface area (Å²) in [6, 6.07) is 9.61. The van der Waals surface area contributed by atoms with E-state index in [4.69, 9.17) is 4.98 Å². The van der Waals surface area contributed by atoms with Crippen LogP contribution in [0, 0.1) is 0 Å². The van der Waals surface area contributed by atoms with Crippen LogP contribution in [-0.2, 0) is 6.54 Å². The minimum atomic E-state index is 0.321. The van der Waals surface area contributed by atoms with E-state index in [0.717, 1.165) is 36.8 Å². The Labute approximate surface area is 149 Å². The van der Waals surface area contributed by atoms with Crippen LogP contribution in [0.4, 0.5) is 0 Å². The summed E-state index contributed by atoms with van der Waals surface area (Å²) in [5.41, 5.74) is 4.96. The smallest absolute Gasteiger partial charge is 0.124 e. The Kier molecular flexibility index (Phi) is 4.47. The van der Waals surface area contributed by atoms with Gasteiger partial charge in [-0.3, -0.25) is 4.90 Å². The second kappa shape index (κ2) is 6.89. The lowest BCUT2D eigenvalue weighted by Gasteiger charge is -2.25. The van der Waals surface area contributed by atoms with Gasteiger partial charge in [0.05, 0.1) is 5.69 Å². The van der Waals surface area contributed by atoms with Crippen LogP contribution in [0.3, 0.4) is 0 Å². The summed E-state index contributed by atoms with van der Waals surface area (Å²) >= 11 is 3.44. The maximum absolute atomic E-state index is 9.40. The van der Waals surface area contributed by atoms with Gasteiger partial charge in [-0.25, -0.2) is 4.98 Å². The van der Waals surface area contributed by atoms with Crippen molar-refractivity contribution in [2.24, 2.45) is 0 Å². The summed E-state index contributed by atoms with van der Waals surface area (Å²) in [5.74, 6) is 0.321. The number of aromatic nitrogens is 1. The van der Waals surface area contributed by atoms with Gasteiger partial charge in [-0.15, -0.1) is 11.3 Å². The average molecular weight is 355 g/mol. The quantitative estimate of drug-likeness (QED) is 0.726. The first kappa shape index (κ1) is 15.6. The van der Waals surface area contributed by atoms with Crippen molar-refractivity contribution < 1.29 is 5.11 Å². The molecule has 1 aliphatic rings. The van der Waals surface area contributed by atoms with Gasteiger partial charge in [0.2, 0.25) is 0 Å². The molecule has 3 nitrogen and oxygen atoms in total. The molecule has 0 atom stereocenters. The largest absolute Gasteiger partial charge is 0.508 e. The molecule has 0 saturated carbocycles. The Morgan fingerprint density at radius 3 is 2.67 bits per heavy atom. The maximum atomic E-state index is 9.40. The number of nitrogens with zero attached hydrogens (tertiary/aromatic N) is 2. The summed E-state index contributed by atoms with van der Waals surface area (Å²) in [7, 11) is 0. The van der Waals surface area contributed by atoms with Gasteiger partial charge in [-0.1, -0.05) is 18.2 Å². The molecular weight excluding hydrogens is 336 g/mol. The fourth-order valence-electron chi connectivity index (χ4n) is 2.92. The predicted molar refractivity (Wildman–Crippen MR) is 101 cm³/mol. The second-order valence-corrected chi connectivity index (χ2v) is 7.56. The van der Waals surface area contributed by atoms with Crippen molar-refractivity contribution in [2.75, 3.05) is 13.1 Å². The average Bonchev–Trinajstić information content (AvgIpc) is 3.28. The molecule has 0 fully saturated rings. The van der Waals surface area contributed by atoms with Gasteiger partial charge in [-0.2, -0.15) is 11.3 Å². The van der Waals surface area contributed by atoms with Gasteiger partial charge in [0, 0.05) is 36.0 Å². The fourth-order valence-corrected chi connectivity index (χ4v) is 4.44. The van der Waals surface area contributed by atoms with E-state index in [2.05, 4.69) is 33.2 Å². The van der Waals surface area contributed by atoms with E-state index >= 15 is 0 Å². The van der Waals surface area contributed by atoms with E-state index in [9.17, 15) is 5.11 Å². The number of phenolic OH excluding ortho intramolecular Hbond substituents is 1. The third-order valence-electron chi connectivity index (χ3n) is 4.24. The number of hydrogen-bond donors (Lipinski definition) is 1. The monoisotopic (exact) mass is 354 g/mol. The predicted octanol–water partition coefficient (Wildman–Crippen LogP) is 4.87. The highest BCUT2D eigenvalue weighted by molar-refractivity contribution is 7.14. The molecule has 5 heteroatoms. The van der Waals surface area contributed by atoms with Gasteiger partial charge in [-0.05, 0) is 41.1 Å². The molecule has 3 aromatic rings. The summed E-state index contributed by atoms with van der Waals surface area (Å²) in [5, 5.41) is 16.9. The van der Waals surface area contributed by atoms with Crippen molar-refractivity contribution >= 4 is 28.2 Å². The molecule has 1 N–H and O–H groups in total. The lowest BCUT2D eigenvalue weighted by atomic mass is 9.99. The molecule has 122 valence electrons. The summed E-state index contributed by atoms with van der Waals surface area (Å²) < 4.78 is 0. The van der Waals surface area contributed by atoms with Gasteiger partial charge in [0.1, 0.15) is 10.8 Å². The zero-order chi connectivity index (χ0) is 16.4. The van der Waals surface area contributed by atoms with E-state index in [1.165, 1.54) is 16.7 Å². The number of thiazole rings is 1. The Hall–Kier alpha value is -1.95. The topological polar surface area (TPSA) is 36.4 Å². The molecule has 0 aliphatic carbocycles. The third-order valence-corrected chi connectivity index (χ3v) is 5.86. The number of hydrogen-bond acceptors (Lipinski definition) is 5. The van der Waals surface area contributed by atoms with Crippen LogP contribution >= 0.6 is 22.7 Å². The van der Waals surface area contributed by atoms with Crippen molar-refractivity contribution in [1.82, 2.24) is 9.88 Å². The molecule has 1 aromatic carbocycles. The van der Waals surface area contributed by atoms with E-state index in [0.29, 0.717) is 5.75 Å². The molecule has 0 bridgehead atoms. The zero-order valence-corrected chi connectivity index (χ0v) is 14.8. The van der Waals surface area contributed by atoms with Crippen LogP contribution < -0.4 is 0 Å². The SMILES string of the molecule is Oc1ccc(C2=CCN(Cc3csc(-c4ccsc4)n3)CC2)cc1. The lowest BCUT2D eigenvalue weighted by Crippen LogP contribution is -2.28. The van der Waals surface area contributed by atoms with Gasteiger partial charge in [0.15, 0.2) is 0 Å². The normalized spacial score (nSPS) is 15.4.